The van der Waals surface area contributed by atoms with Gasteiger partial charge in [-0.3, -0.25) is 9.36 Å². The lowest BCUT2D eigenvalue weighted by atomic mass is 10.5. The van der Waals surface area contributed by atoms with Crippen molar-refractivity contribution in [1.29, 1.82) is 0 Å². The zero-order valence-corrected chi connectivity index (χ0v) is 5.69. The van der Waals surface area contributed by atoms with Crippen molar-refractivity contribution in [3.05, 3.63) is 30.9 Å². The molecule has 0 atom stereocenters. The summed E-state index contributed by atoms with van der Waals surface area (Å²) in [5.41, 5.74) is 0. The van der Waals surface area contributed by atoms with E-state index >= 15 is 0 Å². The van der Waals surface area contributed by atoms with Gasteiger partial charge in [0.25, 0.3) is 5.91 Å². The van der Waals surface area contributed by atoms with Gasteiger partial charge >= 0.3 is 0 Å². The van der Waals surface area contributed by atoms with Gasteiger partial charge in [0.15, 0.2) is 0 Å². The first-order chi connectivity index (χ1) is 4.84. The summed E-state index contributed by atoms with van der Waals surface area (Å²) in [5.74, 6) is -0.0694. The first-order valence-corrected chi connectivity index (χ1v) is 2.99. The van der Waals surface area contributed by atoms with Gasteiger partial charge in [-0.15, -0.1) is 0 Å². The van der Waals surface area contributed by atoms with Crippen LogP contribution in [0.3, 0.4) is 0 Å². The van der Waals surface area contributed by atoms with Crippen molar-refractivity contribution in [2.24, 2.45) is 0 Å². The van der Waals surface area contributed by atoms with Gasteiger partial charge in [0.1, 0.15) is 6.33 Å². The Balaban J connectivity index is 2.78. The van der Waals surface area contributed by atoms with E-state index in [4.69, 9.17) is 0 Å². The summed E-state index contributed by atoms with van der Waals surface area (Å²) in [5, 5.41) is 0. The van der Waals surface area contributed by atoms with E-state index in [9.17, 15) is 4.79 Å². The molecule has 1 heterocycles. The van der Waals surface area contributed by atoms with Crippen LogP contribution in [0.4, 0.5) is 0 Å². The molecule has 0 aliphatic heterocycles. The summed E-state index contributed by atoms with van der Waals surface area (Å²) in [6, 6.07) is 0. The third kappa shape index (κ3) is 1.31. The Morgan fingerprint density at radius 2 is 2.50 bits per heavy atom. The lowest BCUT2D eigenvalue weighted by Crippen LogP contribution is -2.03. The maximum absolute atomic E-state index is 10.9. The summed E-state index contributed by atoms with van der Waals surface area (Å²) < 4.78 is 1.42. The van der Waals surface area contributed by atoms with E-state index in [1.165, 1.54) is 17.0 Å². The van der Waals surface area contributed by atoms with Crippen LogP contribution in [0.25, 0.3) is 0 Å². The summed E-state index contributed by atoms with van der Waals surface area (Å²) in [7, 11) is 0. The van der Waals surface area contributed by atoms with Crippen LogP contribution >= 0.6 is 0 Å². The lowest BCUT2D eigenvalue weighted by molar-refractivity contribution is 0.0968. The van der Waals surface area contributed by atoms with Crippen LogP contribution in [0.5, 0.6) is 0 Å². The van der Waals surface area contributed by atoms with E-state index in [2.05, 4.69) is 4.98 Å². The van der Waals surface area contributed by atoms with Crippen LogP contribution in [0, 0.1) is 0 Å². The van der Waals surface area contributed by atoms with E-state index < -0.39 is 0 Å². The smallest absolute Gasteiger partial charge is 0.255 e. The first kappa shape index (κ1) is 6.74. The molecule has 1 aromatic heterocycles. The van der Waals surface area contributed by atoms with Crippen molar-refractivity contribution in [3.8, 4) is 0 Å². The average molecular weight is 136 g/mol. The zero-order valence-electron chi connectivity index (χ0n) is 5.69. The molecular formula is C7H8N2O. The highest BCUT2D eigenvalue weighted by Gasteiger charge is 1.94. The summed E-state index contributed by atoms with van der Waals surface area (Å²) >= 11 is 0. The Morgan fingerprint density at radius 3 is 3.00 bits per heavy atom. The fraction of sp³-hybridized carbons (Fsp3) is 0.143. The molecule has 0 saturated carbocycles. The topological polar surface area (TPSA) is 34.9 Å². The zero-order chi connectivity index (χ0) is 7.40. The van der Waals surface area contributed by atoms with Gasteiger partial charge in [0.2, 0.25) is 0 Å². The molecule has 3 heteroatoms. The molecule has 3 nitrogen and oxygen atoms in total. The minimum atomic E-state index is -0.0694. The standard InChI is InChI=1S/C7H8N2O/c1-2-3-7(10)9-5-4-8-6-9/h2-6H,1H3/b3-2+. The van der Waals surface area contributed by atoms with Crippen LogP contribution in [0.1, 0.15) is 11.7 Å². The fourth-order valence-corrected chi connectivity index (χ4v) is 0.618. The number of hydrogen-bond acceptors (Lipinski definition) is 2. The van der Waals surface area contributed by atoms with E-state index in [0.29, 0.717) is 0 Å². The third-order valence-electron chi connectivity index (χ3n) is 1.07. The van der Waals surface area contributed by atoms with Gasteiger partial charge in [-0.1, -0.05) is 6.08 Å². The number of nitrogens with zero attached hydrogens (tertiary/aromatic N) is 2. The van der Waals surface area contributed by atoms with Crippen molar-refractivity contribution >= 4 is 5.91 Å². The first-order valence-electron chi connectivity index (χ1n) is 2.99. The summed E-state index contributed by atoms with van der Waals surface area (Å²) in [6.45, 7) is 1.80. The number of aromatic nitrogens is 2. The Morgan fingerprint density at radius 1 is 1.70 bits per heavy atom. The highest BCUT2D eigenvalue weighted by Crippen LogP contribution is 1.86. The molecule has 10 heavy (non-hydrogen) atoms. The number of rotatable bonds is 1. The normalized spacial score (nSPS) is 10.5. The van der Waals surface area contributed by atoms with E-state index in [0.717, 1.165) is 0 Å². The molecule has 0 fully saturated rings. The van der Waals surface area contributed by atoms with Crippen LogP contribution in [-0.4, -0.2) is 15.5 Å². The second-order valence-electron chi connectivity index (χ2n) is 1.81. The third-order valence-corrected chi connectivity index (χ3v) is 1.07. The lowest BCUT2D eigenvalue weighted by Gasteiger charge is -1.90. The monoisotopic (exact) mass is 136 g/mol. The summed E-state index contributed by atoms with van der Waals surface area (Å²) in [4.78, 5) is 14.7. The molecule has 1 rings (SSSR count). The molecule has 0 spiro atoms. The maximum atomic E-state index is 10.9. The highest BCUT2D eigenvalue weighted by molar-refractivity contribution is 5.89. The molecule has 0 unspecified atom stereocenters. The molecule has 52 valence electrons. The Bertz CT molecular complexity index is 236. The van der Waals surface area contributed by atoms with Crippen LogP contribution in [0.15, 0.2) is 30.9 Å². The molecule has 0 N–H and O–H groups in total. The average Bonchev–Trinajstić information content (AvgIpc) is 2.38. The number of imidazole rings is 1. The van der Waals surface area contributed by atoms with Crippen LogP contribution in [0.2, 0.25) is 0 Å². The highest BCUT2D eigenvalue weighted by atomic mass is 16.1. The quantitative estimate of drug-likeness (QED) is 0.542. The largest absolute Gasteiger partial charge is 0.273 e. The van der Waals surface area contributed by atoms with Gasteiger partial charge in [0.05, 0.1) is 0 Å². The number of carbonyl (C=O) groups excluding carboxylic acids is 1. The number of hydrogen-bond donors (Lipinski definition) is 0. The van der Waals surface area contributed by atoms with Crippen molar-refractivity contribution in [1.82, 2.24) is 9.55 Å². The molecule has 0 saturated heterocycles. The van der Waals surface area contributed by atoms with Crippen molar-refractivity contribution < 1.29 is 4.79 Å². The van der Waals surface area contributed by atoms with Crippen molar-refractivity contribution in [2.45, 2.75) is 6.92 Å². The van der Waals surface area contributed by atoms with E-state index in [-0.39, 0.29) is 5.91 Å². The SMILES string of the molecule is C/C=C/C(=O)n1ccnc1. The molecule has 0 aliphatic carbocycles. The predicted octanol–water partition coefficient (Wildman–Crippen LogP) is 1.10. The van der Waals surface area contributed by atoms with Gasteiger partial charge < -0.3 is 0 Å². The molecular weight excluding hydrogens is 128 g/mol. The molecule has 0 aromatic carbocycles. The van der Waals surface area contributed by atoms with E-state index in [1.54, 1.807) is 25.4 Å². The number of carbonyl (C=O) groups is 1. The Labute approximate surface area is 59.0 Å². The minimum Gasteiger partial charge on any atom is -0.273 e. The molecule has 0 bridgehead atoms. The van der Waals surface area contributed by atoms with Crippen LogP contribution < -0.4 is 0 Å². The van der Waals surface area contributed by atoms with Gasteiger partial charge in [-0.05, 0) is 13.0 Å². The van der Waals surface area contributed by atoms with Gasteiger partial charge in [0, 0.05) is 12.4 Å². The molecule has 0 aliphatic rings. The maximum Gasteiger partial charge on any atom is 0.255 e. The second-order valence-corrected chi connectivity index (χ2v) is 1.81. The molecule has 0 radical (unpaired) electrons. The number of allylic oxidation sites excluding steroid dienone is 2. The minimum absolute atomic E-state index is 0.0694. The second kappa shape index (κ2) is 2.96. The van der Waals surface area contributed by atoms with Crippen molar-refractivity contribution in [3.63, 3.8) is 0 Å². The van der Waals surface area contributed by atoms with Crippen LogP contribution in [-0.2, 0) is 0 Å². The molecule has 0 amide bonds. The van der Waals surface area contributed by atoms with Crippen molar-refractivity contribution in [2.75, 3.05) is 0 Å². The Hall–Kier alpha value is -1.38. The van der Waals surface area contributed by atoms with E-state index in [1.807, 2.05) is 0 Å². The predicted molar refractivity (Wildman–Crippen MR) is 37.7 cm³/mol. The van der Waals surface area contributed by atoms with Gasteiger partial charge in [-0.25, -0.2) is 4.98 Å². The Kier molecular flexibility index (Phi) is 1.99. The summed E-state index contributed by atoms with van der Waals surface area (Å²) in [6.07, 6.45) is 7.84. The van der Waals surface area contributed by atoms with Gasteiger partial charge in [-0.2, -0.15) is 0 Å². The molecule has 1 aromatic rings. The fourth-order valence-electron chi connectivity index (χ4n) is 0.618.